The van der Waals surface area contributed by atoms with E-state index in [0.717, 1.165) is 24.1 Å². The van der Waals surface area contributed by atoms with E-state index in [9.17, 15) is 9.59 Å². The molecular weight excluding hydrogens is 226 g/mol. The fraction of sp³-hybridized carbons (Fsp3) is 0.467. The van der Waals surface area contributed by atoms with Crippen molar-refractivity contribution in [2.24, 2.45) is 0 Å². The van der Waals surface area contributed by atoms with Gasteiger partial charge in [-0.1, -0.05) is 19.1 Å². The summed E-state index contributed by atoms with van der Waals surface area (Å²) < 4.78 is 0. The molecule has 1 aromatic rings. The molecule has 0 aromatic heterocycles. The van der Waals surface area contributed by atoms with Crippen molar-refractivity contribution < 1.29 is 9.59 Å². The lowest BCUT2D eigenvalue weighted by Gasteiger charge is -2.36. The van der Waals surface area contributed by atoms with Crippen molar-refractivity contribution in [3.05, 3.63) is 29.3 Å². The number of nitrogens with zero attached hydrogens (tertiary/aromatic N) is 1. The van der Waals surface area contributed by atoms with Gasteiger partial charge in [0.05, 0.1) is 5.69 Å². The molecule has 0 saturated heterocycles. The van der Waals surface area contributed by atoms with Gasteiger partial charge in [-0.15, -0.1) is 0 Å². The Morgan fingerprint density at radius 3 is 2.72 bits per heavy atom. The zero-order chi connectivity index (χ0) is 13.3. The molecule has 18 heavy (non-hydrogen) atoms. The topological polar surface area (TPSA) is 37.4 Å². The number of carbonyl (C=O) groups is 2. The Labute approximate surface area is 108 Å². The van der Waals surface area contributed by atoms with Gasteiger partial charge in [0, 0.05) is 24.9 Å². The predicted octanol–water partition coefficient (Wildman–Crippen LogP) is 2.97. The maximum atomic E-state index is 12.0. The summed E-state index contributed by atoms with van der Waals surface area (Å²) in [4.78, 5) is 25.7. The van der Waals surface area contributed by atoms with Crippen LogP contribution < -0.4 is 4.90 Å². The van der Waals surface area contributed by atoms with Crippen LogP contribution in [0.4, 0.5) is 5.69 Å². The molecule has 1 aliphatic rings. The second kappa shape index (κ2) is 4.92. The normalized spacial score (nSPS) is 18.4. The third kappa shape index (κ3) is 2.05. The first-order valence-electron chi connectivity index (χ1n) is 6.51. The third-order valence-corrected chi connectivity index (χ3v) is 3.59. The van der Waals surface area contributed by atoms with E-state index >= 15 is 0 Å². The second-order valence-electron chi connectivity index (χ2n) is 4.87. The SMILES string of the molecule is CCC(=O)c1cccc2c1N(C(C)=O)C(C)CC2. The zero-order valence-corrected chi connectivity index (χ0v) is 11.2. The largest absolute Gasteiger partial charge is 0.309 e. The number of carbonyl (C=O) groups excluding carboxylic acids is 2. The summed E-state index contributed by atoms with van der Waals surface area (Å²) in [6, 6.07) is 5.93. The highest BCUT2D eigenvalue weighted by atomic mass is 16.2. The quantitative estimate of drug-likeness (QED) is 0.751. The van der Waals surface area contributed by atoms with Crippen LogP contribution in [0.25, 0.3) is 0 Å². The summed E-state index contributed by atoms with van der Waals surface area (Å²) in [6.07, 6.45) is 2.36. The summed E-state index contributed by atoms with van der Waals surface area (Å²) in [6.45, 7) is 5.46. The van der Waals surface area contributed by atoms with Crippen LogP contribution in [0.2, 0.25) is 0 Å². The van der Waals surface area contributed by atoms with Crippen molar-refractivity contribution in [1.82, 2.24) is 0 Å². The molecule has 3 heteroatoms. The molecule has 0 saturated carbocycles. The highest BCUT2D eigenvalue weighted by Crippen LogP contribution is 2.34. The molecule has 1 amide bonds. The van der Waals surface area contributed by atoms with Gasteiger partial charge in [-0.2, -0.15) is 0 Å². The Kier molecular flexibility index (Phi) is 3.50. The van der Waals surface area contributed by atoms with Crippen molar-refractivity contribution in [2.75, 3.05) is 4.90 Å². The molecular formula is C15H19NO2. The summed E-state index contributed by atoms with van der Waals surface area (Å²) in [5.74, 6) is 0.118. The van der Waals surface area contributed by atoms with Crippen LogP contribution in [0.5, 0.6) is 0 Å². The van der Waals surface area contributed by atoms with Crippen LogP contribution in [0.15, 0.2) is 18.2 Å². The fourth-order valence-corrected chi connectivity index (χ4v) is 2.67. The zero-order valence-electron chi connectivity index (χ0n) is 11.2. The molecule has 0 N–H and O–H groups in total. The molecule has 1 atom stereocenters. The van der Waals surface area contributed by atoms with Crippen molar-refractivity contribution >= 4 is 17.4 Å². The number of anilines is 1. The van der Waals surface area contributed by atoms with Gasteiger partial charge in [0.15, 0.2) is 5.78 Å². The Morgan fingerprint density at radius 2 is 2.11 bits per heavy atom. The van der Waals surface area contributed by atoms with Crippen LogP contribution in [0, 0.1) is 0 Å². The minimum absolute atomic E-state index is 0.0137. The Balaban J connectivity index is 2.60. The minimum atomic E-state index is 0.0137. The van der Waals surface area contributed by atoms with E-state index in [1.165, 1.54) is 0 Å². The van der Waals surface area contributed by atoms with E-state index in [0.29, 0.717) is 12.0 Å². The van der Waals surface area contributed by atoms with Gasteiger partial charge in [-0.05, 0) is 31.4 Å². The van der Waals surface area contributed by atoms with Crippen LogP contribution in [0.1, 0.15) is 49.5 Å². The molecule has 1 aromatic carbocycles. The molecule has 1 heterocycles. The molecule has 96 valence electrons. The highest BCUT2D eigenvalue weighted by molar-refractivity contribution is 6.06. The molecule has 3 nitrogen and oxygen atoms in total. The Bertz CT molecular complexity index is 493. The number of rotatable bonds is 2. The Morgan fingerprint density at radius 1 is 1.39 bits per heavy atom. The lowest BCUT2D eigenvalue weighted by molar-refractivity contribution is -0.117. The number of fused-ring (bicyclic) bond motifs is 1. The van der Waals surface area contributed by atoms with E-state index in [1.54, 1.807) is 11.8 Å². The number of para-hydroxylation sites is 1. The monoisotopic (exact) mass is 245 g/mol. The van der Waals surface area contributed by atoms with Gasteiger partial charge in [-0.25, -0.2) is 0 Å². The standard InChI is InChI=1S/C15H19NO2/c1-4-14(18)13-7-5-6-12-9-8-10(2)16(11(3)17)15(12)13/h5-7,10H,4,8-9H2,1-3H3. The summed E-state index contributed by atoms with van der Waals surface area (Å²) in [5, 5.41) is 0. The number of ketones is 1. The average molecular weight is 245 g/mol. The van der Waals surface area contributed by atoms with Crippen molar-refractivity contribution in [3.8, 4) is 0 Å². The lowest BCUT2D eigenvalue weighted by atomic mass is 9.91. The number of hydrogen-bond donors (Lipinski definition) is 0. The van der Waals surface area contributed by atoms with Gasteiger partial charge in [0.1, 0.15) is 0 Å². The first kappa shape index (κ1) is 12.8. The summed E-state index contributed by atoms with van der Waals surface area (Å²) >= 11 is 0. The molecule has 1 unspecified atom stereocenters. The van der Waals surface area contributed by atoms with Gasteiger partial charge in [-0.3, -0.25) is 9.59 Å². The third-order valence-electron chi connectivity index (χ3n) is 3.59. The second-order valence-corrected chi connectivity index (χ2v) is 4.87. The number of hydrogen-bond acceptors (Lipinski definition) is 2. The van der Waals surface area contributed by atoms with E-state index in [1.807, 2.05) is 32.0 Å². The molecule has 1 aliphatic heterocycles. The molecule has 0 bridgehead atoms. The summed E-state index contributed by atoms with van der Waals surface area (Å²) in [7, 11) is 0. The average Bonchev–Trinajstić information content (AvgIpc) is 2.36. The van der Waals surface area contributed by atoms with Crippen LogP contribution in [-0.4, -0.2) is 17.7 Å². The van der Waals surface area contributed by atoms with Gasteiger partial charge < -0.3 is 4.90 Å². The smallest absolute Gasteiger partial charge is 0.224 e. The van der Waals surface area contributed by atoms with Gasteiger partial charge in [0.25, 0.3) is 0 Å². The Hall–Kier alpha value is -1.64. The molecule has 0 fully saturated rings. The molecule has 0 aliphatic carbocycles. The molecule has 0 radical (unpaired) electrons. The van der Waals surface area contributed by atoms with Crippen molar-refractivity contribution in [1.29, 1.82) is 0 Å². The number of Topliss-reactive ketones (excluding diaryl/α,β-unsaturated/α-hetero) is 1. The van der Waals surface area contributed by atoms with Crippen LogP contribution in [-0.2, 0) is 11.2 Å². The fourth-order valence-electron chi connectivity index (χ4n) is 2.67. The lowest BCUT2D eigenvalue weighted by Crippen LogP contribution is -2.41. The minimum Gasteiger partial charge on any atom is -0.309 e. The first-order valence-corrected chi connectivity index (χ1v) is 6.51. The first-order chi connectivity index (χ1) is 8.56. The molecule has 0 spiro atoms. The van der Waals surface area contributed by atoms with Crippen molar-refractivity contribution in [3.63, 3.8) is 0 Å². The highest BCUT2D eigenvalue weighted by Gasteiger charge is 2.29. The number of amides is 1. The van der Waals surface area contributed by atoms with Crippen molar-refractivity contribution in [2.45, 2.75) is 46.1 Å². The van der Waals surface area contributed by atoms with Crippen LogP contribution in [0.3, 0.4) is 0 Å². The van der Waals surface area contributed by atoms with E-state index in [4.69, 9.17) is 0 Å². The molecule has 2 rings (SSSR count). The maximum absolute atomic E-state index is 12.0. The summed E-state index contributed by atoms with van der Waals surface area (Å²) in [5.41, 5.74) is 2.65. The van der Waals surface area contributed by atoms with E-state index < -0.39 is 0 Å². The van der Waals surface area contributed by atoms with Crippen LogP contribution >= 0.6 is 0 Å². The maximum Gasteiger partial charge on any atom is 0.224 e. The van der Waals surface area contributed by atoms with E-state index in [-0.39, 0.29) is 17.7 Å². The van der Waals surface area contributed by atoms with Gasteiger partial charge >= 0.3 is 0 Å². The number of aryl methyl sites for hydroxylation is 1. The van der Waals surface area contributed by atoms with E-state index in [2.05, 4.69) is 0 Å². The van der Waals surface area contributed by atoms with Gasteiger partial charge in [0.2, 0.25) is 5.91 Å². The predicted molar refractivity (Wildman–Crippen MR) is 72.0 cm³/mol. The number of benzene rings is 1.